The van der Waals surface area contributed by atoms with Crippen molar-refractivity contribution in [3.05, 3.63) is 137 Å². The molecule has 15 heteroatoms. The summed E-state index contributed by atoms with van der Waals surface area (Å²) in [5, 5.41) is 9.08. The number of imidazole rings is 1. The number of amides is 4. The molecule has 2 saturated heterocycles. The first-order valence-electron chi connectivity index (χ1n) is 21.0. The van der Waals surface area contributed by atoms with E-state index in [0.717, 1.165) is 71.0 Å². The standard InChI is InChI=1S/C47H48N8O7/c1-60-46(58)52-40(28-11-5-3-6-12-28)44(56)54-21-9-15-36(54)42-48-26-34(50-42)30-17-19-38-32(23-30)25-33-24-31(18-20-39(33)62-38)35-27-49-43(51-35)37-16-10-22-55(37)45(57)41(53-47(59)61-2)29-13-7-4-8-14-29/h3-8,11-14,17-20,23-24,26,35-37,40-41H,9-10,15-16,21-22,25,27H2,1-2H3,(H,48,50)(H,49,51)(H,52,58)(H,53,59)/t35?,36-,37-,40+,41+/m0/s1. The Hall–Kier alpha value is -7.16. The Kier molecular flexibility index (Phi) is 11.3. The van der Waals surface area contributed by atoms with Gasteiger partial charge in [0.15, 0.2) is 0 Å². The molecule has 1 aromatic heterocycles. The maximum Gasteiger partial charge on any atom is 0.407 e. The molecule has 4 aliphatic heterocycles. The SMILES string of the molecule is COC(=O)N[C@@H](C(=O)N1CCC[C@H]1C1=NCC(c2ccc3c(c2)Cc2cc(-c4cnc([C@@H]5CCCN5C(=O)[C@H](NC(=O)OC)c5ccccc5)[nH]4)ccc2O3)N1)c1ccccc1. The highest BCUT2D eigenvalue weighted by Gasteiger charge is 2.40. The van der Waals surface area contributed by atoms with Crippen molar-refractivity contribution in [1.29, 1.82) is 0 Å². The second kappa shape index (κ2) is 17.4. The lowest BCUT2D eigenvalue weighted by molar-refractivity contribution is -0.135. The van der Waals surface area contributed by atoms with Gasteiger partial charge in [0.2, 0.25) is 0 Å². The molecular weight excluding hydrogens is 789 g/mol. The van der Waals surface area contributed by atoms with E-state index in [2.05, 4.69) is 39.1 Å². The smallest absolute Gasteiger partial charge is 0.407 e. The lowest BCUT2D eigenvalue weighted by atomic mass is 9.95. The Labute approximate surface area is 358 Å². The zero-order chi connectivity index (χ0) is 42.7. The van der Waals surface area contributed by atoms with Crippen LogP contribution in [0.3, 0.4) is 0 Å². The number of hydrogen-bond acceptors (Lipinski definition) is 10. The molecule has 318 valence electrons. The van der Waals surface area contributed by atoms with Crippen LogP contribution in [0.2, 0.25) is 0 Å². The fraction of sp³-hybridized carbons (Fsp3) is 0.319. The zero-order valence-corrected chi connectivity index (χ0v) is 34.5. The molecule has 15 nitrogen and oxygen atoms in total. The number of hydrogen-bond donors (Lipinski definition) is 4. The molecule has 4 aliphatic rings. The number of fused-ring (bicyclic) bond motifs is 2. The van der Waals surface area contributed by atoms with E-state index in [-0.39, 0.29) is 29.9 Å². The van der Waals surface area contributed by atoms with E-state index in [9.17, 15) is 19.2 Å². The minimum Gasteiger partial charge on any atom is -0.457 e. The molecule has 1 unspecified atom stereocenters. The number of rotatable bonds is 10. The maximum atomic E-state index is 14.0. The summed E-state index contributed by atoms with van der Waals surface area (Å²) in [5.74, 6) is 2.62. The number of methoxy groups -OCH3 is 2. The Morgan fingerprint density at radius 3 is 1.95 bits per heavy atom. The number of H-pyrrole nitrogens is 1. The van der Waals surface area contributed by atoms with Crippen molar-refractivity contribution >= 4 is 29.8 Å². The van der Waals surface area contributed by atoms with E-state index in [1.165, 1.54) is 14.2 Å². The van der Waals surface area contributed by atoms with Crippen molar-refractivity contribution in [1.82, 2.24) is 35.7 Å². The molecule has 0 spiro atoms. The fourth-order valence-electron chi connectivity index (χ4n) is 9.05. The Bertz CT molecular complexity index is 2510. The molecule has 0 saturated carbocycles. The van der Waals surface area contributed by atoms with Crippen LogP contribution in [0.5, 0.6) is 11.5 Å². The van der Waals surface area contributed by atoms with Gasteiger partial charge in [-0.2, -0.15) is 0 Å². The third-order valence-corrected chi connectivity index (χ3v) is 12.2. The fourth-order valence-corrected chi connectivity index (χ4v) is 9.05. The number of ether oxygens (including phenoxy) is 3. The summed E-state index contributed by atoms with van der Waals surface area (Å²) in [6.07, 6.45) is 4.24. The second-order valence-electron chi connectivity index (χ2n) is 15.9. The van der Waals surface area contributed by atoms with Gasteiger partial charge < -0.3 is 44.9 Å². The molecule has 4 amide bonds. The largest absolute Gasteiger partial charge is 0.457 e. The third kappa shape index (κ3) is 8.05. The van der Waals surface area contributed by atoms with Crippen LogP contribution in [0.4, 0.5) is 9.59 Å². The number of likely N-dealkylation sites (tertiary alicyclic amines) is 2. The highest BCUT2D eigenvalue weighted by Crippen LogP contribution is 2.41. The predicted octanol–water partition coefficient (Wildman–Crippen LogP) is 6.67. The van der Waals surface area contributed by atoms with Gasteiger partial charge in [-0.3, -0.25) is 14.6 Å². The molecule has 62 heavy (non-hydrogen) atoms. The Morgan fingerprint density at radius 2 is 1.32 bits per heavy atom. The number of alkyl carbamates (subject to hydrolysis) is 2. The Morgan fingerprint density at radius 1 is 0.742 bits per heavy atom. The monoisotopic (exact) mass is 836 g/mol. The molecule has 4 aromatic carbocycles. The van der Waals surface area contributed by atoms with Gasteiger partial charge in [0, 0.05) is 25.1 Å². The number of amidine groups is 1. The van der Waals surface area contributed by atoms with Gasteiger partial charge in [0.1, 0.15) is 35.2 Å². The first-order valence-corrected chi connectivity index (χ1v) is 21.0. The van der Waals surface area contributed by atoms with Gasteiger partial charge in [-0.15, -0.1) is 0 Å². The molecule has 0 bridgehead atoms. The molecule has 5 atom stereocenters. The molecule has 9 rings (SSSR count). The van der Waals surface area contributed by atoms with Gasteiger partial charge >= 0.3 is 12.2 Å². The normalized spacial score (nSPS) is 19.8. The van der Waals surface area contributed by atoms with Crippen molar-refractivity contribution in [3.63, 3.8) is 0 Å². The third-order valence-electron chi connectivity index (χ3n) is 12.2. The minimum atomic E-state index is -0.897. The molecule has 5 aromatic rings. The molecular formula is C47H48N8O7. The van der Waals surface area contributed by atoms with Crippen molar-refractivity contribution in [2.24, 2.45) is 4.99 Å². The van der Waals surface area contributed by atoms with Crippen LogP contribution in [-0.2, 0) is 25.5 Å². The van der Waals surface area contributed by atoms with Crippen LogP contribution in [0, 0.1) is 0 Å². The average Bonchev–Trinajstić information content (AvgIpc) is 4.16. The van der Waals surface area contributed by atoms with Crippen molar-refractivity contribution in [3.8, 4) is 22.8 Å². The van der Waals surface area contributed by atoms with Crippen molar-refractivity contribution in [2.75, 3.05) is 33.9 Å². The summed E-state index contributed by atoms with van der Waals surface area (Å²) in [6.45, 7) is 1.62. The summed E-state index contributed by atoms with van der Waals surface area (Å²) in [7, 11) is 2.56. The van der Waals surface area contributed by atoms with Gasteiger partial charge in [-0.25, -0.2) is 14.6 Å². The average molecular weight is 837 g/mol. The van der Waals surface area contributed by atoms with E-state index >= 15 is 0 Å². The van der Waals surface area contributed by atoms with E-state index in [1.54, 1.807) is 11.1 Å². The van der Waals surface area contributed by atoms with Crippen LogP contribution in [0.15, 0.2) is 108 Å². The number of carbonyl (C=O) groups excluding carboxylic acids is 4. The van der Waals surface area contributed by atoms with Crippen LogP contribution in [0.25, 0.3) is 11.3 Å². The van der Waals surface area contributed by atoms with Crippen LogP contribution < -0.4 is 20.7 Å². The van der Waals surface area contributed by atoms with Crippen LogP contribution in [-0.4, -0.2) is 89.5 Å². The number of aromatic nitrogens is 2. The summed E-state index contributed by atoms with van der Waals surface area (Å²) in [6, 6.07) is 28.3. The van der Waals surface area contributed by atoms with Gasteiger partial charge in [-0.05, 0) is 83.8 Å². The van der Waals surface area contributed by atoms with Crippen molar-refractivity contribution < 1.29 is 33.4 Å². The number of carbonyl (C=O) groups is 4. The van der Waals surface area contributed by atoms with Crippen LogP contribution >= 0.6 is 0 Å². The molecule has 5 heterocycles. The molecule has 0 aliphatic carbocycles. The zero-order valence-electron chi connectivity index (χ0n) is 34.5. The highest BCUT2D eigenvalue weighted by atomic mass is 16.5. The van der Waals surface area contributed by atoms with Gasteiger partial charge in [0.05, 0.1) is 50.8 Å². The topological polar surface area (TPSA) is 180 Å². The van der Waals surface area contributed by atoms with Gasteiger partial charge in [-0.1, -0.05) is 66.7 Å². The summed E-state index contributed by atoms with van der Waals surface area (Å²) < 4.78 is 16.1. The number of nitrogens with zero attached hydrogens (tertiary/aromatic N) is 4. The summed E-state index contributed by atoms with van der Waals surface area (Å²) in [4.78, 5) is 69.3. The molecule has 4 N–H and O–H groups in total. The number of aliphatic imine (C=N–C) groups is 1. The van der Waals surface area contributed by atoms with Crippen LogP contribution in [0.1, 0.15) is 83.5 Å². The second-order valence-corrected chi connectivity index (χ2v) is 15.9. The minimum absolute atomic E-state index is 0.0802. The lowest BCUT2D eigenvalue weighted by Crippen LogP contribution is -2.49. The van der Waals surface area contributed by atoms with Gasteiger partial charge in [0.25, 0.3) is 11.8 Å². The number of nitrogens with one attached hydrogen (secondary N) is 4. The maximum absolute atomic E-state index is 14.0. The molecule has 0 radical (unpaired) electrons. The quantitative estimate of drug-likeness (QED) is 0.117. The number of aromatic amines is 1. The summed E-state index contributed by atoms with van der Waals surface area (Å²) >= 11 is 0. The lowest BCUT2D eigenvalue weighted by Gasteiger charge is -2.30. The summed E-state index contributed by atoms with van der Waals surface area (Å²) in [5.41, 5.74) is 6.28. The first kappa shape index (κ1) is 40.3. The van der Waals surface area contributed by atoms with E-state index in [0.29, 0.717) is 43.0 Å². The predicted molar refractivity (Wildman–Crippen MR) is 229 cm³/mol. The van der Waals surface area contributed by atoms with Crippen molar-refractivity contribution in [2.45, 2.75) is 62.3 Å². The first-order chi connectivity index (χ1) is 30.3. The molecule has 2 fully saturated rings. The van der Waals surface area contributed by atoms with E-state index in [1.807, 2.05) is 83.8 Å². The van der Waals surface area contributed by atoms with E-state index in [4.69, 9.17) is 24.2 Å². The number of benzene rings is 4. The Balaban J connectivity index is 0.873. The van der Waals surface area contributed by atoms with E-state index < -0.39 is 24.3 Å². The highest BCUT2D eigenvalue weighted by molar-refractivity contribution is 5.96.